The topological polar surface area (TPSA) is 64.1 Å². The van der Waals surface area contributed by atoms with Crippen LogP contribution in [0.4, 0.5) is 14.5 Å². The Balaban J connectivity index is 2.59. The van der Waals surface area contributed by atoms with Crippen LogP contribution in [0.15, 0.2) is 40.9 Å². The quantitative estimate of drug-likeness (QED) is 0.461. The van der Waals surface area contributed by atoms with Crippen LogP contribution in [0.2, 0.25) is 0 Å². The van der Waals surface area contributed by atoms with Gasteiger partial charge in [0.05, 0.1) is 6.04 Å². The highest BCUT2D eigenvalue weighted by atomic mass is 79.9. The third-order valence-electron chi connectivity index (χ3n) is 2.81. The number of anilines is 1. The summed E-state index contributed by atoms with van der Waals surface area (Å²) in [5.41, 5.74) is 8.99. The molecule has 0 spiro atoms. The van der Waals surface area contributed by atoms with E-state index < -0.39 is 17.7 Å². The molecule has 1 unspecified atom stereocenters. The lowest BCUT2D eigenvalue weighted by atomic mass is 9.97. The zero-order valence-corrected chi connectivity index (χ0v) is 11.4. The lowest BCUT2D eigenvalue weighted by molar-refractivity contribution is 0.511. The molecule has 0 aliphatic heterocycles. The predicted molar refractivity (Wildman–Crippen MR) is 74.1 cm³/mol. The van der Waals surface area contributed by atoms with Crippen molar-refractivity contribution >= 4 is 21.6 Å². The summed E-state index contributed by atoms with van der Waals surface area (Å²) in [5.74, 6) is 4.08. The Labute approximate surface area is 117 Å². The number of hydrazine groups is 1. The minimum atomic E-state index is -0.862. The Morgan fingerprint density at radius 1 is 1.11 bits per heavy atom. The first-order chi connectivity index (χ1) is 9.04. The van der Waals surface area contributed by atoms with Gasteiger partial charge in [-0.3, -0.25) is 5.84 Å². The average molecular weight is 328 g/mol. The lowest BCUT2D eigenvalue weighted by Gasteiger charge is -2.20. The van der Waals surface area contributed by atoms with E-state index in [1.165, 1.54) is 18.2 Å². The van der Waals surface area contributed by atoms with Crippen LogP contribution < -0.4 is 17.0 Å². The number of nitrogens with one attached hydrogen (secondary N) is 1. The average Bonchev–Trinajstić information content (AvgIpc) is 2.37. The van der Waals surface area contributed by atoms with Crippen molar-refractivity contribution in [3.05, 3.63) is 63.6 Å². The largest absolute Gasteiger partial charge is 0.398 e. The fourth-order valence-electron chi connectivity index (χ4n) is 1.91. The minimum absolute atomic E-state index is 0.158. The molecule has 0 saturated carbocycles. The molecule has 3 nitrogen and oxygen atoms in total. The summed E-state index contributed by atoms with van der Waals surface area (Å²) in [7, 11) is 0. The molecule has 0 saturated heterocycles. The van der Waals surface area contributed by atoms with Crippen molar-refractivity contribution in [1.82, 2.24) is 5.43 Å². The first-order valence-corrected chi connectivity index (χ1v) is 6.29. The molecule has 2 rings (SSSR count). The molecule has 0 aliphatic rings. The van der Waals surface area contributed by atoms with E-state index in [9.17, 15) is 8.78 Å². The van der Waals surface area contributed by atoms with E-state index in [0.29, 0.717) is 11.3 Å². The van der Waals surface area contributed by atoms with Crippen molar-refractivity contribution in [3.63, 3.8) is 0 Å². The molecule has 0 amide bonds. The molecule has 1 atom stereocenters. The molecule has 0 radical (unpaired) electrons. The van der Waals surface area contributed by atoms with Crippen molar-refractivity contribution in [3.8, 4) is 0 Å². The third-order valence-corrected chi connectivity index (χ3v) is 3.31. The van der Waals surface area contributed by atoms with Crippen molar-refractivity contribution < 1.29 is 8.78 Å². The molecular formula is C13H12BrF2N3. The van der Waals surface area contributed by atoms with E-state index in [1.54, 1.807) is 18.2 Å². The number of hydrogen-bond acceptors (Lipinski definition) is 3. The van der Waals surface area contributed by atoms with Crippen LogP contribution in [0.3, 0.4) is 0 Å². The minimum Gasteiger partial charge on any atom is -0.398 e. The first kappa shape index (κ1) is 13.9. The molecule has 6 heteroatoms. The van der Waals surface area contributed by atoms with Gasteiger partial charge in [-0.2, -0.15) is 0 Å². The molecule has 0 heterocycles. The van der Waals surface area contributed by atoms with Gasteiger partial charge in [0, 0.05) is 15.7 Å². The Morgan fingerprint density at radius 2 is 1.74 bits per heavy atom. The number of hydrogen-bond donors (Lipinski definition) is 3. The fourth-order valence-corrected chi connectivity index (χ4v) is 2.29. The second kappa shape index (κ2) is 5.64. The van der Waals surface area contributed by atoms with Crippen LogP contribution in [0.5, 0.6) is 0 Å². The SMILES string of the molecule is NNC(c1cc(Br)ccc1N)c1c(F)cccc1F. The molecule has 2 aromatic carbocycles. The first-order valence-electron chi connectivity index (χ1n) is 5.49. The van der Waals surface area contributed by atoms with Gasteiger partial charge in [-0.05, 0) is 35.9 Å². The summed E-state index contributed by atoms with van der Waals surface area (Å²) in [4.78, 5) is 0. The molecule has 0 bridgehead atoms. The highest BCUT2D eigenvalue weighted by molar-refractivity contribution is 9.10. The Hall–Kier alpha value is -1.50. The van der Waals surface area contributed by atoms with Crippen LogP contribution in [-0.2, 0) is 0 Å². The van der Waals surface area contributed by atoms with Gasteiger partial charge in [0.1, 0.15) is 11.6 Å². The maximum atomic E-state index is 13.8. The molecule has 5 N–H and O–H groups in total. The van der Waals surface area contributed by atoms with Crippen molar-refractivity contribution in [2.75, 3.05) is 5.73 Å². The Bertz CT molecular complexity index is 584. The number of benzene rings is 2. The summed E-state index contributed by atoms with van der Waals surface area (Å²) in [5, 5.41) is 0. The van der Waals surface area contributed by atoms with E-state index in [1.807, 2.05) is 0 Å². The molecule has 19 heavy (non-hydrogen) atoms. The molecule has 0 aromatic heterocycles. The lowest BCUT2D eigenvalue weighted by Crippen LogP contribution is -2.31. The summed E-state index contributed by atoms with van der Waals surface area (Å²) in [6.45, 7) is 0. The summed E-state index contributed by atoms with van der Waals surface area (Å²) in [6, 6.07) is 7.84. The Kier molecular flexibility index (Phi) is 4.14. The highest BCUT2D eigenvalue weighted by Gasteiger charge is 2.22. The standard InChI is InChI=1S/C13H12BrF2N3/c14-7-4-5-11(17)8(6-7)13(19-18)12-9(15)2-1-3-10(12)16/h1-6,13,19H,17-18H2. The predicted octanol–water partition coefficient (Wildman–Crippen LogP) is 2.86. The van der Waals surface area contributed by atoms with Gasteiger partial charge in [0.2, 0.25) is 0 Å². The van der Waals surface area contributed by atoms with Crippen molar-refractivity contribution in [2.45, 2.75) is 6.04 Å². The zero-order chi connectivity index (χ0) is 14.0. The van der Waals surface area contributed by atoms with Crippen LogP contribution in [-0.4, -0.2) is 0 Å². The Morgan fingerprint density at radius 3 is 2.32 bits per heavy atom. The van der Waals surface area contributed by atoms with Gasteiger partial charge in [-0.1, -0.05) is 22.0 Å². The van der Waals surface area contributed by atoms with Gasteiger partial charge < -0.3 is 5.73 Å². The van der Waals surface area contributed by atoms with Gasteiger partial charge >= 0.3 is 0 Å². The van der Waals surface area contributed by atoms with Crippen LogP contribution >= 0.6 is 15.9 Å². The van der Waals surface area contributed by atoms with Crippen LogP contribution in [0, 0.1) is 11.6 Å². The number of halogens is 3. The van der Waals surface area contributed by atoms with Crippen LogP contribution in [0.25, 0.3) is 0 Å². The molecule has 2 aromatic rings. The summed E-state index contributed by atoms with van der Waals surface area (Å²) < 4.78 is 28.4. The van der Waals surface area contributed by atoms with E-state index >= 15 is 0 Å². The zero-order valence-electron chi connectivity index (χ0n) is 9.83. The van der Waals surface area contributed by atoms with Gasteiger partial charge in [-0.25, -0.2) is 14.2 Å². The van der Waals surface area contributed by atoms with E-state index in [4.69, 9.17) is 11.6 Å². The van der Waals surface area contributed by atoms with E-state index in [2.05, 4.69) is 21.4 Å². The number of nitrogen functional groups attached to an aromatic ring is 1. The van der Waals surface area contributed by atoms with Gasteiger partial charge in [0.25, 0.3) is 0 Å². The monoisotopic (exact) mass is 327 g/mol. The molecule has 0 aliphatic carbocycles. The van der Waals surface area contributed by atoms with Crippen LogP contribution in [0.1, 0.15) is 17.2 Å². The normalized spacial score (nSPS) is 12.4. The van der Waals surface area contributed by atoms with Gasteiger partial charge in [0.15, 0.2) is 0 Å². The molecular weight excluding hydrogens is 316 g/mol. The fraction of sp³-hybridized carbons (Fsp3) is 0.0769. The molecule has 0 fully saturated rings. The second-order valence-electron chi connectivity index (χ2n) is 4.01. The smallest absolute Gasteiger partial charge is 0.131 e. The maximum absolute atomic E-state index is 13.8. The summed E-state index contributed by atoms with van der Waals surface area (Å²) >= 11 is 3.29. The number of nitrogens with two attached hydrogens (primary N) is 2. The number of rotatable bonds is 3. The third kappa shape index (κ3) is 2.75. The second-order valence-corrected chi connectivity index (χ2v) is 4.92. The highest BCUT2D eigenvalue weighted by Crippen LogP contribution is 2.31. The maximum Gasteiger partial charge on any atom is 0.131 e. The summed E-state index contributed by atoms with van der Waals surface area (Å²) in [6.07, 6.45) is 0. The molecule has 100 valence electrons. The van der Waals surface area contributed by atoms with Crippen molar-refractivity contribution in [2.24, 2.45) is 5.84 Å². The van der Waals surface area contributed by atoms with Crippen molar-refractivity contribution in [1.29, 1.82) is 0 Å². The van der Waals surface area contributed by atoms with E-state index in [0.717, 1.165) is 4.47 Å². The van der Waals surface area contributed by atoms with Gasteiger partial charge in [-0.15, -0.1) is 0 Å². The van der Waals surface area contributed by atoms with E-state index in [-0.39, 0.29) is 5.56 Å².